The van der Waals surface area contributed by atoms with Crippen molar-refractivity contribution in [3.63, 3.8) is 0 Å². The molecule has 0 fully saturated rings. The molecule has 2 N–H and O–H groups in total. The molecule has 0 spiro atoms. The van der Waals surface area contributed by atoms with Gasteiger partial charge in [-0.25, -0.2) is 0 Å². The summed E-state index contributed by atoms with van der Waals surface area (Å²) < 4.78 is 0. The van der Waals surface area contributed by atoms with E-state index in [9.17, 15) is 4.79 Å². The quantitative estimate of drug-likeness (QED) is 0.867. The van der Waals surface area contributed by atoms with Gasteiger partial charge in [0.1, 0.15) is 0 Å². The van der Waals surface area contributed by atoms with E-state index in [1.807, 2.05) is 14.0 Å². The fraction of sp³-hybridized carbons (Fsp3) is 0.588. The van der Waals surface area contributed by atoms with Gasteiger partial charge >= 0.3 is 0 Å². The Kier molecular flexibility index (Phi) is 6.21. The SMILES string of the molecule is CC(C)c1ccc(C(C)CC(=O)N(C)C(C)CN)cc1. The summed E-state index contributed by atoms with van der Waals surface area (Å²) >= 11 is 0. The lowest BCUT2D eigenvalue weighted by Crippen LogP contribution is -2.40. The van der Waals surface area contributed by atoms with Crippen LogP contribution in [0.15, 0.2) is 24.3 Å². The van der Waals surface area contributed by atoms with Gasteiger partial charge in [0.25, 0.3) is 0 Å². The van der Waals surface area contributed by atoms with Crippen LogP contribution >= 0.6 is 0 Å². The average molecular weight is 276 g/mol. The van der Waals surface area contributed by atoms with Crippen LogP contribution in [-0.2, 0) is 4.79 Å². The molecule has 2 atom stereocenters. The zero-order chi connectivity index (χ0) is 15.3. The van der Waals surface area contributed by atoms with Gasteiger partial charge in [-0.1, -0.05) is 45.0 Å². The third kappa shape index (κ3) is 4.34. The smallest absolute Gasteiger partial charge is 0.223 e. The first-order valence-electron chi connectivity index (χ1n) is 7.42. The van der Waals surface area contributed by atoms with Crippen molar-refractivity contribution in [1.29, 1.82) is 0 Å². The summed E-state index contributed by atoms with van der Waals surface area (Å²) in [6, 6.07) is 8.69. The second-order valence-corrected chi connectivity index (χ2v) is 6.02. The van der Waals surface area contributed by atoms with E-state index in [-0.39, 0.29) is 17.9 Å². The van der Waals surface area contributed by atoms with Crippen LogP contribution in [0.2, 0.25) is 0 Å². The number of likely N-dealkylation sites (N-methyl/N-ethyl adjacent to an activating group) is 1. The molecule has 1 aromatic rings. The minimum atomic E-state index is 0.0954. The number of hydrogen-bond acceptors (Lipinski definition) is 2. The second kappa shape index (κ2) is 7.44. The van der Waals surface area contributed by atoms with Crippen molar-refractivity contribution in [2.45, 2.75) is 52.0 Å². The largest absolute Gasteiger partial charge is 0.342 e. The number of rotatable bonds is 6. The molecule has 0 bridgehead atoms. The first-order valence-corrected chi connectivity index (χ1v) is 7.42. The van der Waals surface area contributed by atoms with Crippen LogP contribution in [0.4, 0.5) is 0 Å². The Balaban J connectivity index is 2.66. The van der Waals surface area contributed by atoms with Crippen LogP contribution in [0.3, 0.4) is 0 Å². The minimum Gasteiger partial charge on any atom is -0.342 e. The number of benzene rings is 1. The molecule has 112 valence electrons. The second-order valence-electron chi connectivity index (χ2n) is 6.02. The van der Waals surface area contributed by atoms with Gasteiger partial charge in [0.15, 0.2) is 0 Å². The van der Waals surface area contributed by atoms with Crippen molar-refractivity contribution in [2.75, 3.05) is 13.6 Å². The molecule has 3 heteroatoms. The Morgan fingerprint density at radius 2 is 1.60 bits per heavy atom. The van der Waals surface area contributed by atoms with E-state index < -0.39 is 0 Å². The van der Waals surface area contributed by atoms with Crippen LogP contribution in [0, 0.1) is 0 Å². The maximum Gasteiger partial charge on any atom is 0.223 e. The van der Waals surface area contributed by atoms with Gasteiger partial charge < -0.3 is 10.6 Å². The van der Waals surface area contributed by atoms with Gasteiger partial charge in [0, 0.05) is 26.1 Å². The number of amides is 1. The molecule has 0 saturated carbocycles. The van der Waals surface area contributed by atoms with Crippen molar-refractivity contribution < 1.29 is 4.79 Å². The number of carbonyl (C=O) groups excluding carboxylic acids is 1. The monoisotopic (exact) mass is 276 g/mol. The third-order valence-corrected chi connectivity index (χ3v) is 4.05. The fourth-order valence-corrected chi connectivity index (χ4v) is 2.14. The van der Waals surface area contributed by atoms with Crippen molar-refractivity contribution in [1.82, 2.24) is 4.90 Å². The molecule has 1 rings (SSSR count). The van der Waals surface area contributed by atoms with Crippen molar-refractivity contribution in [3.05, 3.63) is 35.4 Å². The normalized spacial score (nSPS) is 14.2. The highest BCUT2D eigenvalue weighted by Crippen LogP contribution is 2.23. The Morgan fingerprint density at radius 1 is 1.10 bits per heavy atom. The summed E-state index contributed by atoms with van der Waals surface area (Å²) in [5.41, 5.74) is 8.16. The van der Waals surface area contributed by atoms with Crippen molar-refractivity contribution in [3.8, 4) is 0 Å². The fourth-order valence-electron chi connectivity index (χ4n) is 2.14. The number of hydrogen-bond donors (Lipinski definition) is 1. The van der Waals surface area contributed by atoms with E-state index in [4.69, 9.17) is 5.73 Å². The van der Waals surface area contributed by atoms with Gasteiger partial charge in [-0.3, -0.25) is 4.79 Å². The van der Waals surface area contributed by atoms with Gasteiger partial charge in [0.05, 0.1) is 0 Å². The molecule has 1 amide bonds. The minimum absolute atomic E-state index is 0.0954. The first-order chi connectivity index (χ1) is 9.36. The maximum atomic E-state index is 12.2. The van der Waals surface area contributed by atoms with E-state index in [0.29, 0.717) is 18.9 Å². The van der Waals surface area contributed by atoms with Gasteiger partial charge in [-0.05, 0) is 29.9 Å². The van der Waals surface area contributed by atoms with Crippen LogP contribution in [0.1, 0.15) is 57.1 Å². The Morgan fingerprint density at radius 3 is 2.05 bits per heavy atom. The summed E-state index contributed by atoms with van der Waals surface area (Å²) in [7, 11) is 1.83. The van der Waals surface area contributed by atoms with E-state index >= 15 is 0 Å². The summed E-state index contributed by atoms with van der Waals surface area (Å²) in [6.45, 7) is 8.94. The van der Waals surface area contributed by atoms with Crippen LogP contribution in [-0.4, -0.2) is 30.4 Å². The third-order valence-electron chi connectivity index (χ3n) is 4.05. The number of nitrogens with two attached hydrogens (primary N) is 1. The zero-order valence-electron chi connectivity index (χ0n) is 13.4. The first kappa shape index (κ1) is 16.7. The zero-order valence-corrected chi connectivity index (χ0v) is 13.4. The predicted octanol–water partition coefficient (Wildman–Crippen LogP) is 3.11. The highest BCUT2D eigenvalue weighted by atomic mass is 16.2. The maximum absolute atomic E-state index is 12.2. The number of carbonyl (C=O) groups is 1. The van der Waals surface area contributed by atoms with E-state index in [1.54, 1.807) is 4.90 Å². The molecule has 2 unspecified atom stereocenters. The summed E-state index contributed by atoms with van der Waals surface area (Å²) in [5, 5.41) is 0. The molecule has 0 heterocycles. The summed E-state index contributed by atoms with van der Waals surface area (Å²) in [6.07, 6.45) is 0.530. The molecular formula is C17H28N2O. The summed E-state index contributed by atoms with van der Waals surface area (Å²) in [5.74, 6) is 0.928. The number of nitrogens with zero attached hydrogens (tertiary/aromatic N) is 1. The van der Waals surface area contributed by atoms with Gasteiger partial charge in [-0.2, -0.15) is 0 Å². The lowest BCUT2D eigenvalue weighted by atomic mass is 9.94. The van der Waals surface area contributed by atoms with E-state index in [1.165, 1.54) is 11.1 Å². The Hall–Kier alpha value is -1.35. The Labute approximate surface area is 123 Å². The average Bonchev–Trinajstić information content (AvgIpc) is 2.45. The standard InChI is InChI=1S/C17H28N2O/c1-12(2)15-6-8-16(9-7-15)13(3)10-17(20)19(5)14(4)11-18/h6-9,12-14H,10-11,18H2,1-5H3. The molecule has 0 aliphatic carbocycles. The molecule has 0 saturated heterocycles. The highest BCUT2D eigenvalue weighted by molar-refractivity contribution is 5.77. The molecule has 0 aliphatic rings. The van der Waals surface area contributed by atoms with Crippen molar-refractivity contribution >= 4 is 5.91 Å². The van der Waals surface area contributed by atoms with Crippen LogP contribution in [0.5, 0.6) is 0 Å². The van der Waals surface area contributed by atoms with Crippen molar-refractivity contribution in [2.24, 2.45) is 5.73 Å². The molecule has 3 nitrogen and oxygen atoms in total. The predicted molar refractivity (Wildman–Crippen MR) is 84.8 cm³/mol. The van der Waals surface area contributed by atoms with Gasteiger partial charge in [0.2, 0.25) is 5.91 Å². The molecule has 0 aliphatic heterocycles. The lowest BCUT2D eigenvalue weighted by molar-refractivity contribution is -0.131. The molecule has 0 radical (unpaired) electrons. The highest BCUT2D eigenvalue weighted by Gasteiger charge is 2.18. The molecule has 0 aromatic heterocycles. The molecule has 20 heavy (non-hydrogen) atoms. The molecular weight excluding hydrogens is 248 g/mol. The Bertz CT molecular complexity index is 425. The van der Waals surface area contributed by atoms with Crippen LogP contribution < -0.4 is 5.73 Å². The van der Waals surface area contributed by atoms with Gasteiger partial charge in [-0.15, -0.1) is 0 Å². The van der Waals surface area contributed by atoms with E-state index in [0.717, 1.165) is 0 Å². The topological polar surface area (TPSA) is 46.3 Å². The summed E-state index contributed by atoms with van der Waals surface area (Å²) in [4.78, 5) is 13.9. The lowest BCUT2D eigenvalue weighted by Gasteiger charge is -2.25. The molecule has 1 aromatic carbocycles. The van der Waals surface area contributed by atoms with Crippen LogP contribution in [0.25, 0.3) is 0 Å². The van der Waals surface area contributed by atoms with E-state index in [2.05, 4.69) is 45.0 Å².